The van der Waals surface area contributed by atoms with Gasteiger partial charge in [-0.2, -0.15) is 0 Å². The summed E-state index contributed by atoms with van der Waals surface area (Å²) in [6, 6.07) is 6.72. The molecule has 2 rings (SSSR count). The van der Waals surface area contributed by atoms with E-state index in [-0.39, 0.29) is 5.82 Å². The molecule has 1 saturated heterocycles. The van der Waals surface area contributed by atoms with Crippen molar-refractivity contribution in [2.75, 3.05) is 26.2 Å². The predicted octanol–water partition coefficient (Wildman–Crippen LogP) is 2.79. The van der Waals surface area contributed by atoms with Gasteiger partial charge in [0, 0.05) is 6.54 Å². The van der Waals surface area contributed by atoms with Crippen LogP contribution in [0.2, 0.25) is 0 Å². The monoisotopic (exact) mass is 250 g/mol. The maximum absolute atomic E-state index is 12.7. The minimum absolute atomic E-state index is 0.163. The molecule has 0 atom stereocenters. The van der Waals surface area contributed by atoms with Crippen molar-refractivity contribution >= 4 is 0 Å². The van der Waals surface area contributed by atoms with Crippen LogP contribution in [-0.4, -0.2) is 31.1 Å². The second-order valence-electron chi connectivity index (χ2n) is 5.06. The molecule has 1 aliphatic rings. The van der Waals surface area contributed by atoms with E-state index in [0.717, 1.165) is 18.7 Å². The van der Waals surface area contributed by atoms with Crippen LogP contribution < -0.4 is 5.32 Å². The van der Waals surface area contributed by atoms with Crippen molar-refractivity contribution in [3.05, 3.63) is 35.6 Å². The van der Waals surface area contributed by atoms with Gasteiger partial charge >= 0.3 is 0 Å². The van der Waals surface area contributed by atoms with E-state index in [1.165, 1.54) is 57.5 Å². The highest BCUT2D eigenvalue weighted by Crippen LogP contribution is 2.08. The highest BCUT2D eigenvalue weighted by molar-refractivity contribution is 5.15. The molecule has 2 nitrogen and oxygen atoms in total. The number of rotatable bonds is 6. The summed E-state index contributed by atoms with van der Waals surface area (Å²) in [6.07, 6.45) is 5.33. The number of benzene rings is 1. The van der Waals surface area contributed by atoms with E-state index < -0.39 is 0 Å². The highest BCUT2D eigenvalue weighted by Gasteiger charge is 2.08. The Bertz CT molecular complexity index is 331. The van der Waals surface area contributed by atoms with Gasteiger partial charge < -0.3 is 10.2 Å². The topological polar surface area (TPSA) is 15.3 Å². The number of piperidine rings is 1. The van der Waals surface area contributed by atoms with Crippen molar-refractivity contribution in [1.82, 2.24) is 10.2 Å². The first-order valence-electron chi connectivity index (χ1n) is 7.02. The minimum Gasteiger partial charge on any atom is -0.313 e. The van der Waals surface area contributed by atoms with Crippen LogP contribution in [0.3, 0.4) is 0 Å². The number of halogens is 1. The Morgan fingerprint density at radius 1 is 1.06 bits per heavy atom. The molecule has 3 heteroatoms. The largest absolute Gasteiger partial charge is 0.313 e. The lowest BCUT2D eigenvalue weighted by Crippen LogP contribution is -2.32. The third-order valence-electron chi connectivity index (χ3n) is 3.52. The lowest BCUT2D eigenvalue weighted by molar-refractivity contribution is 0.225. The van der Waals surface area contributed by atoms with Crippen molar-refractivity contribution in [2.45, 2.75) is 32.2 Å². The van der Waals surface area contributed by atoms with Crippen LogP contribution in [0.4, 0.5) is 4.39 Å². The van der Waals surface area contributed by atoms with Crippen molar-refractivity contribution in [1.29, 1.82) is 0 Å². The van der Waals surface area contributed by atoms with E-state index in [9.17, 15) is 4.39 Å². The number of hydrogen-bond donors (Lipinski definition) is 1. The summed E-state index contributed by atoms with van der Waals surface area (Å²) >= 11 is 0. The first-order chi connectivity index (χ1) is 8.84. The fourth-order valence-corrected chi connectivity index (χ4v) is 2.45. The molecule has 1 fully saturated rings. The van der Waals surface area contributed by atoms with Crippen LogP contribution in [0.1, 0.15) is 31.2 Å². The molecule has 0 amide bonds. The van der Waals surface area contributed by atoms with Crippen molar-refractivity contribution in [3.8, 4) is 0 Å². The normalized spacial score (nSPS) is 16.9. The Balaban J connectivity index is 1.54. The van der Waals surface area contributed by atoms with E-state index in [1.807, 2.05) is 12.1 Å². The molecule has 1 aromatic carbocycles. The predicted molar refractivity (Wildman–Crippen MR) is 73.0 cm³/mol. The van der Waals surface area contributed by atoms with Crippen LogP contribution >= 0.6 is 0 Å². The Hall–Kier alpha value is -0.930. The number of hydrogen-bond acceptors (Lipinski definition) is 2. The second-order valence-corrected chi connectivity index (χ2v) is 5.06. The molecular formula is C15H23FN2. The molecule has 18 heavy (non-hydrogen) atoms. The zero-order chi connectivity index (χ0) is 12.6. The third-order valence-corrected chi connectivity index (χ3v) is 3.52. The highest BCUT2D eigenvalue weighted by atomic mass is 19.1. The van der Waals surface area contributed by atoms with Gasteiger partial charge in [-0.15, -0.1) is 0 Å². The molecular weight excluding hydrogens is 227 g/mol. The zero-order valence-electron chi connectivity index (χ0n) is 11.0. The molecule has 0 aromatic heterocycles. The molecule has 1 N–H and O–H groups in total. The van der Waals surface area contributed by atoms with Gasteiger partial charge in [0.2, 0.25) is 0 Å². The number of nitrogens with zero attached hydrogens (tertiary/aromatic N) is 1. The van der Waals surface area contributed by atoms with Gasteiger partial charge in [-0.1, -0.05) is 18.6 Å². The summed E-state index contributed by atoms with van der Waals surface area (Å²) < 4.78 is 12.7. The third kappa shape index (κ3) is 4.75. The summed E-state index contributed by atoms with van der Waals surface area (Å²) in [4.78, 5) is 2.56. The summed E-state index contributed by atoms with van der Waals surface area (Å²) in [5, 5.41) is 3.41. The van der Waals surface area contributed by atoms with Crippen LogP contribution in [0.25, 0.3) is 0 Å². The van der Waals surface area contributed by atoms with E-state index in [2.05, 4.69) is 10.2 Å². The fourth-order valence-electron chi connectivity index (χ4n) is 2.45. The van der Waals surface area contributed by atoms with Gasteiger partial charge in [0.1, 0.15) is 5.82 Å². The van der Waals surface area contributed by atoms with Crippen LogP contribution in [-0.2, 0) is 6.54 Å². The molecule has 100 valence electrons. The van der Waals surface area contributed by atoms with E-state index in [1.54, 1.807) is 0 Å². The van der Waals surface area contributed by atoms with E-state index >= 15 is 0 Å². The van der Waals surface area contributed by atoms with Gasteiger partial charge in [0.15, 0.2) is 0 Å². The molecule has 0 aliphatic carbocycles. The van der Waals surface area contributed by atoms with E-state index in [0.29, 0.717) is 0 Å². The molecule has 1 aromatic rings. The maximum Gasteiger partial charge on any atom is 0.123 e. The van der Waals surface area contributed by atoms with E-state index in [4.69, 9.17) is 0 Å². The quantitative estimate of drug-likeness (QED) is 0.781. The standard InChI is InChI=1S/C15H23FN2/c16-15-7-5-14(6-8-15)13-17-9-4-12-18-10-2-1-3-11-18/h5-8,17H,1-4,9-13H2. The van der Waals surface area contributed by atoms with Crippen LogP contribution in [0, 0.1) is 5.82 Å². The Morgan fingerprint density at radius 3 is 2.50 bits per heavy atom. The Labute approximate surface area is 109 Å². The minimum atomic E-state index is -0.163. The van der Waals surface area contributed by atoms with Gasteiger partial charge in [-0.05, 0) is 63.1 Å². The SMILES string of the molecule is Fc1ccc(CNCCCN2CCCCC2)cc1. The summed E-state index contributed by atoms with van der Waals surface area (Å²) in [6.45, 7) is 5.63. The zero-order valence-corrected chi connectivity index (χ0v) is 11.0. The molecule has 0 bridgehead atoms. The Morgan fingerprint density at radius 2 is 1.78 bits per heavy atom. The van der Waals surface area contributed by atoms with Crippen LogP contribution in [0.15, 0.2) is 24.3 Å². The second kappa shape index (κ2) is 7.49. The van der Waals surface area contributed by atoms with Crippen molar-refractivity contribution in [2.24, 2.45) is 0 Å². The summed E-state index contributed by atoms with van der Waals surface area (Å²) in [7, 11) is 0. The molecule has 0 unspecified atom stereocenters. The molecule has 0 saturated carbocycles. The van der Waals surface area contributed by atoms with Crippen LogP contribution in [0.5, 0.6) is 0 Å². The van der Waals surface area contributed by atoms with Gasteiger partial charge in [-0.25, -0.2) is 4.39 Å². The van der Waals surface area contributed by atoms with Gasteiger partial charge in [0.25, 0.3) is 0 Å². The van der Waals surface area contributed by atoms with Crippen molar-refractivity contribution < 1.29 is 4.39 Å². The first kappa shape index (κ1) is 13.5. The average molecular weight is 250 g/mol. The maximum atomic E-state index is 12.7. The molecule has 0 spiro atoms. The lowest BCUT2D eigenvalue weighted by atomic mass is 10.1. The van der Waals surface area contributed by atoms with Crippen molar-refractivity contribution in [3.63, 3.8) is 0 Å². The fraction of sp³-hybridized carbons (Fsp3) is 0.600. The van der Waals surface area contributed by atoms with Gasteiger partial charge in [0.05, 0.1) is 0 Å². The molecule has 0 radical (unpaired) electrons. The molecule has 1 heterocycles. The Kier molecular flexibility index (Phi) is 5.62. The average Bonchev–Trinajstić information content (AvgIpc) is 2.42. The molecule has 1 aliphatic heterocycles. The number of nitrogens with one attached hydrogen (secondary N) is 1. The summed E-state index contributed by atoms with van der Waals surface area (Å²) in [5.41, 5.74) is 1.15. The first-order valence-corrected chi connectivity index (χ1v) is 7.02. The number of likely N-dealkylation sites (tertiary alicyclic amines) is 1. The lowest BCUT2D eigenvalue weighted by Gasteiger charge is -2.26. The smallest absolute Gasteiger partial charge is 0.123 e. The van der Waals surface area contributed by atoms with Gasteiger partial charge in [-0.3, -0.25) is 0 Å². The summed E-state index contributed by atoms with van der Waals surface area (Å²) in [5.74, 6) is -0.163.